The Morgan fingerprint density at radius 2 is 2.25 bits per heavy atom. The van der Waals surface area contributed by atoms with E-state index in [9.17, 15) is 0 Å². The van der Waals surface area contributed by atoms with Crippen molar-refractivity contribution >= 4 is 32.1 Å². The molecule has 0 aromatic carbocycles. The number of likely N-dealkylation sites (N-methyl/N-ethyl adjacent to an activating group) is 1. The van der Waals surface area contributed by atoms with E-state index in [0.717, 1.165) is 19.8 Å². The second kappa shape index (κ2) is 5.77. The highest BCUT2D eigenvalue weighted by molar-refractivity contribution is 7.26. The lowest BCUT2D eigenvalue weighted by atomic mass is 10.2. The topological polar surface area (TPSA) is 21.3 Å². The molecule has 2 aromatic heterocycles. The lowest BCUT2D eigenvalue weighted by Crippen LogP contribution is -2.24. The molecule has 1 atom stereocenters. The summed E-state index contributed by atoms with van der Waals surface area (Å²) in [6, 6.07) is 4.82. The van der Waals surface area contributed by atoms with Gasteiger partial charge in [-0.1, -0.05) is 6.92 Å². The molecule has 0 fully saturated rings. The Morgan fingerprint density at radius 1 is 1.38 bits per heavy atom. The summed E-state index contributed by atoms with van der Waals surface area (Å²) in [6.07, 6.45) is 0. The van der Waals surface area contributed by atoms with Gasteiger partial charge in [-0.25, -0.2) is 0 Å². The minimum atomic E-state index is 0.342. The van der Waals surface area contributed by atoms with Crippen LogP contribution >= 0.6 is 22.7 Å². The van der Waals surface area contributed by atoms with Gasteiger partial charge in [-0.3, -0.25) is 0 Å². The van der Waals surface area contributed by atoms with Crippen molar-refractivity contribution in [3.8, 4) is 0 Å². The molecule has 2 heterocycles. The average Bonchev–Trinajstić information content (AvgIpc) is 2.84. The summed E-state index contributed by atoms with van der Waals surface area (Å²) in [5.41, 5.74) is 0. The van der Waals surface area contributed by atoms with Gasteiger partial charge in [0.05, 0.1) is 12.6 Å². The Balaban J connectivity index is 2.14. The van der Waals surface area contributed by atoms with E-state index in [4.69, 9.17) is 4.74 Å². The maximum Gasteiger partial charge on any atom is 0.0669 e. The highest BCUT2D eigenvalue weighted by Gasteiger charge is 2.13. The van der Waals surface area contributed by atoms with E-state index in [2.05, 4.69) is 29.8 Å². The summed E-state index contributed by atoms with van der Waals surface area (Å²) in [5.74, 6) is 0. The van der Waals surface area contributed by atoms with Crippen LogP contribution in [0.5, 0.6) is 0 Å². The summed E-state index contributed by atoms with van der Waals surface area (Å²) in [6.45, 7) is 6.69. The van der Waals surface area contributed by atoms with E-state index in [-0.39, 0.29) is 0 Å². The lowest BCUT2D eigenvalue weighted by Gasteiger charge is -2.15. The van der Waals surface area contributed by atoms with Crippen LogP contribution < -0.4 is 5.32 Å². The molecule has 16 heavy (non-hydrogen) atoms. The van der Waals surface area contributed by atoms with Crippen LogP contribution in [0, 0.1) is 0 Å². The molecule has 0 amide bonds. The molecule has 2 aromatic rings. The van der Waals surface area contributed by atoms with Gasteiger partial charge in [0.1, 0.15) is 0 Å². The van der Waals surface area contributed by atoms with Gasteiger partial charge < -0.3 is 10.1 Å². The summed E-state index contributed by atoms with van der Waals surface area (Å²) in [7, 11) is 0. The van der Waals surface area contributed by atoms with E-state index >= 15 is 0 Å². The summed E-state index contributed by atoms with van der Waals surface area (Å²) in [5, 5.41) is 5.62. The van der Waals surface area contributed by atoms with Crippen LogP contribution in [0.1, 0.15) is 24.8 Å². The monoisotopic (exact) mass is 255 g/mol. The molecule has 1 unspecified atom stereocenters. The largest absolute Gasteiger partial charge is 0.380 e. The fourth-order valence-electron chi connectivity index (χ4n) is 1.68. The number of rotatable bonds is 6. The molecule has 2 nitrogen and oxygen atoms in total. The Hall–Kier alpha value is -0.420. The number of hydrogen-bond donors (Lipinski definition) is 1. The standard InChI is InChI=1S/C12H17NOS2/c1-3-13-9(8-14-4-2)11-7-12-10(16-11)5-6-15-12/h5-7,9,13H,3-4,8H2,1-2H3. The molecular formula is C12H17NOS2. The number of ether oxygens (including phenoxy) is 1. The number of thiophene rings is 2. The predicted octanol–water partition coefficient (Wildman–Crippen LogP) is 3.65. The van der Waals surface area contributed by atoms with Crippen molar-refractivity contribution in [3.63, 3.8) is 0 Å². The molecule has 0 saturated heterocycles. The lowest BCUT2D eigenvalue weighted by molar-refractivity contribution is 0.124. The summed E-state index contributed by atoms with van der Waals surface area (Å²) < 4.78 is 8.30. The minimum Gasteiger partial charge on any atom is -0.380 e. The van der Waals surface area contributed by atoms with Crippen LogP contribution in [0.15, 0.2) is 17.5 Å². The van der Waals surface area contributed by atoms with E-state index in [1.54, 1.807) is 0 Å². The van der Waals surface area contributed by atoms with Gasteiger partial charge in [-0.05, 0) is 31.0 Å². The van der Waals surface area contributed by atoms with Crippen molar-refractivity contribution in [2.24, 2.45) is 0 Å². The van der Waals surface area contributed by atoms with E-state index < -0.39 is 0 Å². The maximum absolute atomic E-state index is 5.52. The van der Waals surface area contributed by atoms with E-state index in [1.165, 1.54) is 14.3 Å². The summed E-state index contributed by atoms with van der Waals surface area (Å²) in [4.78, 5) is 1.39. The Bertz CT molecular complexity index is 406. The smallest absolute Gasteiger partial charge is 0.0669 e. The van der Waals surface area contributed by atoms with E-state index in [1.807, 2.05) is 29.6 Å². The van der Waals surface area contributed by atoms with Gasteiger partial charge in [0, 0.05) is 20.9 Å². The predicted molar refractivity (Wildman–Crippen MR) is 72.6 cm³/mol. The fourth-order valence-corrected chi connectivity index (χ4v) is 3.86. The Morgan fingerprint density at radius 3 is 2.94 bits per heavy atom. The number of hydrogen-bond acceptors (Lipinski definition) is 4. The van der Waals surface area contributed by atoms with Crippen LogP contribution in [0.3, 0.4) is 0 Å². The molecule has 2 rings (SSSR count). The van der Waals surface area contributed by atoms with Gasteiger partial charge in [-0.15, -0.1) is 22.7 Å². The molecule has 1 N–H and O–H groups in total. The van der Waals surface area contributed by atoms with E-state index in [0.29, 0.717) is 6.04 Å². The third-order valence-corrected chi connectivity index (χ3v) is 4.65. The molecule has 0 bridgehead atoms. The highest BCUT2D eigenvalue weighted by atomic mass is 32.1. The first kappa shape index (κ1) is 12.0. The molecule has 0 saturated carbocycles. The van der Waals surface area contributed by atoms with Gasteiger partial charge >= 0.3 is 0 Å². The molecule has 0 aliphatic carbocycles. The van der Waals surface area contributed by atoms with Crippen LogP contribution in [0.4, 0.5) is 0 Å². The first-order valence-electron chi connectivity index (χ1n) is 5.63. The fraction of sp³-hybridized carbons (Fsp3) is 0.500. The maximum atomic E-state index is 5.52. The van der Waals surface area contributed by atoms with Crippen molar-refractivity contribution in [2.75, 3.05) is 19.8 Å². The zero-order valence-electron chi connectivity index (χ0n) is 9.66. The van der Waals surface area contributed by atoms with Crippen molar-refractivity contribution in [2.45, 2.75) is 19.9 Å². The number of fused-ring (bicyclic) bond motifs is 1. The van der Waals surface area contributed by atoms with Crippen LogP contribution in [-0.2, 0) is 4.74 Å². The summed E-state index contributed by atoms with van der Waals surface area (Å²) >= 11 is 3.68. The van der Waals surface area contributed by atoms with Crippen LogP contribution in [0.2, 0.25) is 0 Å². The zero-order chi connectivity index (χ0) is 11.4. The van der Waals surface area contributed by atoms with Crippen LogP contribution in [-0.4, -0.2) is 19.8 Å². The van der Waals surface area contributed by atoms with Crippen molar-refractivity contribution in [1.82, 2.24) is 5.32 Å². The molecule has 0 radical (unpaired) electrons. The molecule has 4 heteroatoms. The minimum absolute atomic E-state index is 0.342. The molecule has 0 aliphatic heterocycles. The zero-order valence-corrected chi connectivity index (χ0v) is 11.3. The molecule has 88 valence electrons. The van der Waals surface area contributed by atoms with Gasteiger partial charge in [0.25, 0.3) is 0 Å². The second-order valence-corrected chi connectivity index (χ2v) is 5.63. The van der Waals surface area contributed by atoms with Gasteiger partial charge in [0.15, 0.2) is 0 Å². The SMILES string of the molecule is CCNC(COCC)c1cc2sccc2s1. The van der Waals surface area contributed by atoms with Crippen molar-refractivity contribution in [1.29, 1.82) is 0 Å². The van der Waals surface area contributed by atoms with Crippen molar-refractivity contribution < 1.29 is 4.74 Å². The van der Waals surface area contributed by atoms with Gasteiger partial charge in [0.2, 0.25) is 0 Å². The first-order chi connectivity index (χ1) is 7.85. The third kappa shape index (κ3) is 2.63. The third-order valence-electron chi connectivity index (χ3n) is 2.44. The van der Waals surface area contributed by atoms with Crippen molar-refractivity contribution in [3.05, 3.63) is 22.4 Å². The normalized spacial score (nSPS) is 13.4. The second-order valence-electron chi connectivity index (χ2n) is 3.57. The van der Waals surface area contributed by atoms with Crippen LogP contribution in [0.25, 0.3) is 9.40 Å². The molecular weight excluding hydrogens is 238 g/mol. The number of nitrogens with one attached hydrogen (secondary N) is 1. The molecule has 0 aliphatic rings. The molecule has 0 spiro atoms. The first-order valence-corrected chi connectivity index (χ1v) is 7.32. The Kier molecular flexibility index (Phi) is 4.35. The van der Waals surface area contributed by atoms with Gasteiger partial charge in [-0.2, -0.15) is 0 Å². The quantitative estimate of drug-likeness (QED) is 0.850. The highest BCUT2D eigenvalue weighted by Crippen LogP contribution is 2.33. The Labute approximate surface area is 104 Å². The average molecular weight is 255 g/mol.